The van der Waals surface area contributed by atoms with Crippen LogP contribution in [0.5, 0.6) is 5.75 Å². The van der Waals surface area contributed by atoms with Crippen LogP contribution in [0.15, 0.2) is 53.6 Å². The average molecular weight is 530 g/mol. The number of ether oxygens (including phenoxy) is 1. The molecule has 7 nitrogen and oxygen atoms in total. The van der Waals surface area contributed by atoms with E-state index in [-0.39, 0.29) is 0 Å². The van der Waals surface area contributed by atoms with Crippen LogP contribution < -0.4 is 20.3 Å². The van der Waals surface area contributed by atoms with Gasteiger partial charge < -0.3 is 25.2 Å². The summed E-state index contributed by atoms with van der Waals surface area (Å²) in [4.78, 5) is 13.6. The third kappa shape index (κ3) is 5.58. The molecule has 33 heavy (non-hydrogen) atoms. The van der Waals surface area contributed by atoms with E-state index in [0.29, 0.717) is 22.5 Å². The fraction of sp³-hybridized carbons (Fsp3) is 0.250. The first kappa shape index (κ1) is 23.4. The number of rotatable bonds is 7. The molecule has 2 aromatic carbocycles. The van der Waals surface area contributed by atoms with Gasteiger partial charge in [0.05, 0.1) is 24.7 Å². The van der Waals surface area contributed by atoms with Gasteiger partial charge in [-0.3, -0.25) is 0 Å². The second-order valence-electron chi connectivity index (χ2n) is 7.76. The minimum atomic E-state index is 0.402. The van der Waals surface area contributed by atoms with E-state index in [2.05, 4.69) is 60.0 Å². The Labute approximate surface area is 207 Å². The Kier molecular flexibility index (Phi) is 7.37. The van der Waals surface area contributed by atoms with Crippen LogP contribution in [-0.2, 0) is 0 Å². The number of anilines is 5. The van der Waals surface area contributed by atoms with E-state index in [1.54, 1.807) is 19.4 Å². The topological polar surface area (TPSA) is 65.6 Å². The zero-order chi connectivity index (χ0) is 23.4. The lowest BCUT2D eigenvalue weighted by Crippen LogP contribution is -2.44. The molecule has 2 N–H and O–H groups in total. The van der Waals surface area contributed by atoms with Gasteiger partial charge in [-0.25, -0.2) is 4.98 Å². The van der Waals surface area contributed by atoms with E-state index >= 15 is 0 Å². The molecule has 1 aliphatic rings. The van der Waals surface area contributed by atoms with E-state index in [1.807, 2.05) is 36.4 Å². The van der Waals surface area contributed by atoms with E-state index in [0.717, 1.165) is 53.3 Å². The molecule has 0 amide bonds. The van der Waals surface area contributed by atoms with Crippen molar-refractivity contribution in [2.75, 3.05) is 55.9 Å². The van der Waals surface area contributed by atoms with Gasteiger partial charge in [-0.05, 0) is 46.7 Å². The Hall–Kier alpha value is -2.81. The molecular formula is C24H26BrClN6O. The van der Waals surface area contributed by atoms with Gasteiger partial charge in [-0.2, -0.15) is 4.98 Å². The van der Waals surface area contributed by atoms with Gasteiger partial charge in [-0.15, -0.1) is 0 Å². The molecule has 1 aromatic heterocycles. The molecule has 1 saturated heterocycles. The molecule has 1 fully saturated rings. The van der Waals surface area contributed by atoms with Crippen molar-refractivity contribution >= 4 is 62.4 Å². The lowest BCUT2D eigenvalue weighted by Gasteiger charge is -2.35. The van der Waals surface area contributed by atoms with Gasteiger partial charge in [-0.1, -0.05) is 36.4 Å². The van der Waals surface area contributed by atoms with Crippen LogP contribution in [0.4, 0.5) is 28.8 Å². The molecule has 0 radical (unpaired) electrons. The van der Waals surface area contributed by atoms with Crippen molar-refractivity contribution in [3.05, 3.63) is 64.2 Å². The average Bonchev–Trinajstić information content (AvgIpc) is 2.82. The molecule has 0 saturated carbocycles. The molecular weight excluding hydrogens is 504 g/mol. The lowest BCUT2D eigenvalue weighted by atomic mass is 10.2. The maximum Gasteiger partial charge on any atom is 0.229 e. The van der Waals surface area contributed by atoms with Crippen molar-refractivity contribution in [1.82, 2.24) is 14.9 Å². The molecule has 9 heteroatoms. The smallest absolute Gasteiger partial charge is 0.229 e. The molecule has 0 unspecified atom stereocenters. The van der Waals surface area contributed by atoms with E-state index < -0.39 is 0 Å². The van der Waals surface area contributed by atoms with Crippen molar-refractivity contribution < 1.29 is 4.74 Å². The summed E-state index contributed by atoms with van der Waals surface area (Å²) in [5.41, 5.74) is 3.71. The minimum Gasteiger partial charge on any atom is -0.494 e. The first-order chi connectivity index (χ1) is 16.0. The third-order valence-electron chi connectivity index (χ3n) is 5.49. The largest absolute Gasteiger partial charge is 0.494 e. The molecule has 0 spiro atoms. The van der Waals surface area contributed by atoms with Crippen molar-refractivity contribution in [3.63, 3.8) is 0 Å². The van der Waals surface area contributed by atoms with Gasteiger partial charge in [0, 0.05) is 42.4 Å². The molecule has 2 heterocycles. The molecule has 4 rings (SSSR count). The number of piperazine rings is 1. The number of hydrogen-bond acceptors (Lipinski definition) is 7. The van der Waals surface area contributed by atoms with Gasteiger partial charge in [0.1, 0.15) is 10.8 Å². The summed E-state index contributed by atoms with van der Waals surface area (Å²) >= 11 is 10.1. The van der Waals surface area contributed by atoms with E-state index in [1.165, 1.54) is 0 Å². The van der Waals surface area contributed by atoms with Crippen LogP contribution in [0.25, 0.3) is 6.08 Å². The summed E-state index contributed by atoms with van der Waals surface area (Å²) in [7, 11) is 3.80. The molecule has 0 aliphatic carbocycles. The first-order valence-corrected chi connectivity index (χ1v) is 11.7. The van der Waals surface area contributed by atoms with Crippen LogP contribution in [0.2, 0.25) is 5.02 Å². The molecule has 0 bridgehead atoms. The maximum absolute atomic E-state index is 6.35. The number of methoxy groups -OCH3 is 1. The summed E-state index contributed by atoms with van der Waals surface area (Å²) in [5, 5.41) is 6.92. The lowest BCUT2D eigenvalue weighted by molar-refractivity contribution is 0.312. The zero-order valence-corrected chi connectivity index (χ0v) is 20.9. The predicted molar refractivity (Wildman–Crippen MR) is 141 cm³/mol. The number of hydrogen-bond donors (Lipinski definition) is 2. The summed E-state index contributed by atoms with van der Waals surface area (Å²) < 4.78 is 6.65. The van der Waals surface area contributed by atoms with E-state index in [4.69, 9.17) is 16.3 Å². The Morgan fingerprint density at radius 1 is 1.15 bits per heavy atom. The van der Waals surface area contributed by atoms with Crippen LogP contribution in [-0.4, -0.2) is 55.2 Å². The minimum absolute atomic E-state index is 0.402. The molecule has 3 aromatic rings. The summed E-state index contributed by atoms with van der Waals surface area (Å²) in [6.45, 7) is 7.79. The normalized spacial score (nSPS) is 14.1. The highest BCUT2D eigenvalue weighted by Crippen LogP contribution is 2.38. The van der Waals surface area contributed by atoms with Crippen molar-refractivity contribution in [3.8, 4) is 5.75 Å². The Balaban J connectivity index is 1.57. The first-order valence-electron chi connectivity index (χ1n) is 10.6. The highest BCUT2D eigenvalue weighted by atomic mass is 79.9. The quantitative estimate of drug-likeness (QED) is 0.402. The number of nitrogens with zero attached hydrogens (tertiary/aromatic N) is 4. The number of nitrogens with one attached hydrogen (secondary N) is 2. The number of aromatic nitrogens is 2. The fourth-order valence-corrected chi connectivity index (χ4v) is 4.35. The van der Waals surface area contributed by atoms with Gasteiger partial charge in [0.2, 0.25) is 5.95 Å². The van der Waals surface area contributed by atoms with Crippen LogP contribution in [0.1, 0.15) is 5.56 Å². The Bertz CT molecular complexity index is 1150. The second kappa shape index (κ2) is 10.4. The van der Waals surface area contributed by atoms with E-state index in [9.17, 15) is 0 Å². The number of halogens is 2. The Morgan fingerprint density at radius 2 is 1.94 bits per heavy atom. The highest BCUT2D eigenvalue weighted by Gasteiger charge is 2.19. The van der Waals surface area contributed by atoms with Crippen molar-refractivity contribution in [2.24, 2.45) is 0 Å². The maximum atomic E-state index is 6.35. The predicted octanol–water partition coefficient (Wildman–Crippen LogP) is 5.78. The van der Waals surface area contributed by atoms with Crippen molar-refractivity contribution in [1.29, 1.82) is 0 Å². The second-order valence-corrected chi connectivity index (χ2v) is 9.03. The summed E-state index contributed by atoms with van der Waals surface area (Å²) in [6.07, 6.45) is 3.35. The summed E-state index contributed by atoms with van der Waals surface area (Å²) in [6, 6.07) is 11.9. The molecule has 1 aliphatic heterocycles. The standard InChI is InChI=1S/C24H26BrClN6O/c1-4-16-6-5-7-17(12-16)28-23-19(26)15-27-24(30-23)29-20-13-18(25)21(14-22(20)33-3)32-10-8-31(2)9-11-32/h4-7,12-15H,1,8-11H2,2-3H3,(H2,27,28,29,30). The Morgan fingerprint density at radius 3 is 2.67 bits per heavy atom. The van der Waals surface area contributed by atoms with Gasteiger partial charge in [0.25, 0.3) is 0 Å². The molecule has 172 valence electrons. The monoisotopic (exact) mass is 528 g/mol. The van der Waals surface area contributed by atoms with Crippen LogP contribution in [0, 0.1) is 0 Å². The van der Waals surface area contributed by atoms with Gasteiger partial charge in [0.15, 0.2) is 5.82 Å². The zero-order valence-electron chi connectivity index (χ0n) is 18.6. The highest BCUT2D eigenvalue weighted by molar-refractivity contribution is 9.10. The number of likely N-dealkylation sites (N-methyl/N-ethyl adjacent to an activating group) is 1. The summed E-state index contributed by atoms with van der Waals surface area (Å²) in [5.74, 6) is 1.61. The van der Waals surface area contributed by atoms with Crippen LogP contribution >= 0.6 is 27.5 Å². The van der Waals surface area contributed by atoms with Gasteiger partial charge >= 0.3 is 0 Å². The molecule has 0 atom stereocenters. The van der Waals surface area contributed by atoms with Crippen molar-refractivity contribution in [2.45, 2.75) is 0 Å². The van der Waals surface area contributed by atoms with Crippen LogP contribution in [0.3, 0.4) is 0 Å². The number of benzene rings is 2. The SMILES string of the molecule is C=Cc1cccc(Nc2nc(Nc3cc(Br)c(N4CCN(C)CC4)cc3OC)ncc2Cl)c1. The third-order valence-corrected chi connectivity index (χ3v) is 6.40. The fourth-order valence-electron chi connectivity index (χ4n) is 3.61.